The molecule has 0 aliphatic carbocycles. The minimum atomic E-state index is -0.164. The third-order valence-electron chi connectivity index (χ3n) is 2.78. The van der Waals surface area contributed by atoms with Gasteiger partial charge in [-0.3, -0.25) is 4.39 Å². The molecular weight excluding hydrogens is 191 g/mol. The summed E-state index contributed by atoms with van der Waals surface area (Å²) >= 11 is 0. The molecule has 1 N–H and O–H groups in total. The summed E-state index contributed by atoms with van der Waals surface area (Å²) in [6.07, 6.45) is 0. The number of anilines is 1. The standard InChI is InChI=1S/C12H17FN2/c13-8-11-9-15(10-11)7-6-14-12-4-2-1-3-5-12/h1-5,11,14H,6-10H2. The van der Waals surface area contributed by atoms with Gasteiger partial charge in [0.05, 0.1) is 6.67 Å². The average molecular weight is 208 g/mol. The van der Waals surface area contributed by atoms with Crippen LogP contribution in [0.25, 0.3) is 0 Å². The number of rotatable bonds is 5. The number of alkyl halides is 1. The Balaban J connectivity index is 1.60. The number of nitrogens with zero attached hydrogens (tertiary/aromatic N) is 1. The topological polar surface area (TPSA) is 15.3 Å². The van der Waals surface area contributed by atoms with Crippen molar-refractivity contribution in [3.8, 4) is 0 Å². The van der Waals surface area contributed by atoms with Gasteiger partial charge >= 0.3 is 0 Å². The number of halogens is 1. The fourth-order valence-corrected chi connectivity index (χ4v) is 1.87. The molecule has 1 saturated heterocycles. The number of para-hydroxylation sites is 1. The van der Waals surface area contributed by atoms with Gasteiger partial charge in [0.2, 0.25) is 0 Å². The van der Waals surface area contributed by atoms with Crippen LogP contribution < -0.4 is 5.32 Å². The third kappa shape index (κ3) is 2.93. The maximum Gasteiger partial charge on any atom is 0.0947 e. The van der Waals surface area contributed by atoms with Crippen molar-refractivity contribution in [2.24, 2.45) is 5.92 Å². The molecule has 0 unspecified atom stereocenters. The van der Waals surface area contributed by atoms with E-state index in [1.807, 2.05) is 18.2 Å². The molecule has 0 bridgehead atoms. The number of hydrogen-bond acceptors (Lipinski definition) is 2. The van der Waals surface area contributed by atoms with Crippen molar-refractivity contribution in [2.45, 2.75) is 0 Å². The van der Waals surface area contributed by atoms with Crippen molar-refractivity contribution in [3.05, 3.63) is 30.3 Å². The lowest BCUT2D eigenvalue weighted by molar-refractivity contribution is 0.0856. The predicted octanol–water partition coefficient (Wildman–Crippen LogP) is 2.00. The summed E-state index contributed by atoms with van der Waals surface area (Å²) < 4.78 is 12.2. The molecule has 0 aromatic heterocycles. The number of nitrogens with one attached hydrogen (secondary N) is 1. The maximum absolute atomic E-state index is 12.2. The van der Waals surface area contributed by atoms with Gasteiger partial charge in [0, 0.05) is 37.8 Å². The lowest BCUT2D eigenvalue weighted by atomic mass is 10.0. The van der Waals surface area contributed by atoms with Crippen LogP contribution in [0.3, 0.4) is 0 Å². The van der Waals surface area contributed by atoms with Crippen molar-refractivity contribution < 1.29 is 4.39 Å². The molecule has 0 saturated carbocycles. The van der Waals surface area contributed by atoms with Crippen molar-refractivity contribution >= 4 is 5.69 Å². The Morgan fingerprint density at radius 1 is 1.27 bits per heavy atom. The Bertz CT molecular complexity index is 283. The Kier molecular flexibility index (Phi) is 3.56. The summed E-state index contributed by atoms with van der Waals surface area (Å²) in [5, 5.41) is 3.34. The van der Waals surface area contributed by atoms with Crippen molar-refractivity contribution in [1.29, 1.82) is 0 Å². The summed E-state index contributed by atoms with van der Waals surface area (Å²) in [5.74, 6) is 0.293. The summed E-state index contributed by atoms with van der Waals surface area (Å²) in [4.78, 5) is 2.28. The highest BCUT2D eigenvalue weighted by Gasteiger charge is 2.25. The lowest BCUT2D eigenvalue weighted by Crippen LogP contribution is -2.49. The zero-order valence-corrected chi connectivity index (χ0v) is 8.82. The van der Waals surface area contributed by atoms with Crippen LogP contribution in [0, 0.1) is 5.92 Å². The zero-order chi connectivity index (χ0) is 10.5. The van der Waals surface area contributed by atoms with E-state index in [2.05, 4.69) is 22.3 Å². The van der Waals surface area contributed by atoms with Gasteiger partial charge < -0.3 is 10.2 Å². The van der Waals surface area contributed by atoms with Crippen molar-refractivity contribution in [1.82, 2.24) is 4.90 Å². The van der Waals surface area contributed by atoms with Gasteiger partial charge in [0.25, 0.3) is 0 Å². The van der Waals surface area contributed by atoms with E-state index in [0.717, 1.165) is 31.9 Å². The molecule has 2 nitrogen and oxygen atoms in total. The first-order chi connectivity index (χ1) is 7.38. The highest BCUT2D eigenvalue weighted by molar-refractivity contribution is 5.42. The molecule has 82 valence electrons. The second kappa shape index (κ2) is 5.12. The molecule has 0 radical (unpaired) electrons. The predicted molar refractivity (Wildman–Crippen MR) is 60.8 cm³/mol. The Labute approximate surface area is 90.1 Å². The third-order valence-corrected chi connectivity index (χ3v) is 2.78. The second-order valence-electron chi connectivity index (χ2n) is 4.07. The number of hydrogen-bond donors (Lipinski definition) is 1. The zero-order valence-electron chi connectivity index (χ0n) is 8.82. The molecular formula is C12H17FN2. The van der Waals surface area contributed by atoms with Crippen LogP contribution >= 0.6 is 0 Å². The van der Waals surface area contributed by atoms with E-state index in [9.17, 15) is 4.39 Å². The van der Waals surface area contributed by atoms with Crippen molar-refractivity contribution in [3.63, 3.8) is 0 Å². The van der Waals surface area contributed by atoms with Gasteiger partial charge in [0.15, 0.2) is 0 Å². The fourth-order valence-electron chi connectivity index (χ4n) is 1.87. The number of likely N-dealkylation sites (tertiary alicyclic amines) is 1. The molecule has 3 heteroatoms. The van der Waals surface area contributed by atoms with Crippen LogP contribution in [0.1, 0.15) is 0 Å². The first kappa shape index (κ1) is 10.4. The molecule has 1 fully saturated rings. The van der Waals surface area contributed by atoms with E-state index in [0.29, 0.717) is 5.92 Å². The highest BCUT2D eigenvalue weighted by atomic mass is 19.1. The normalized spacial score (nSPS) is 17.4. The van der Waals surface area contributed by atoms with Crippen LogP contribution in [0.4, 0.5) is 10.1 Å². The summed E-state index contributed by atoms with van der Waals surface area (Å²) in [6.45, 7) is 3.62. The van der Waals surface area contributed by atoms with Gasteiger partial charge in [-0.2, -0.15) is 0 Å². The van der Waals surface area contributed by atoms with Crippen LogP contribution in [0.2, 0.25) is 0 Å². The minimum Gasteiger partial charge on any atom is -0.384 e. The Morgan fingerprint density at radius 3 is 2.67 bits per heavy atom. The molecule has 1 aliphatic heterocycles. The molecule has 2 rings (SSSR count). The SMILES string of the molecule is FCC1CN(CCNc2ccccc2)C1. The summed E-state index contributed by atoms with van der Waals surface area (Å²) in [5.41, 5.74) is 1.15. The minimum absolute atomic E-state index is 0.164. The van der Waals surface area contributed by atoms with E-state index >= 15 is 0 Å². The monoisotopic (exact) mass is 208 g/mol. The Morgan fingerprint density at radius 2 is 2.00 bits per heavy atom. The quantitative estimate of drug-likeness (QED) is 0.796. The van der Waals surface area contributed by atoms with E-state index in [-0.39, 0.29) is 6.67 Å². The van der Waals surface area contributed by atoms with E-state index in [1.165, 1.54) is 0 Å². The second-order valence-corrected chi connectivity index (χ2v) is 4.07. The molecule has 1 aliphatic rings. The van der Waals surface area contributed by atoms with Gasteiger partial charge in [-0.25, -0.2) is 0 Å². The van der Waals surface area contributed by atoms with E-state index in [4.69, 9.17) is 0 Å². The largest absolute Gasteiger partial charge is 0.384 e. The Hall–Kier alpha value is -1.09. The van der Waals surface area contributed by atoms with Gasteiger partial charge in [-0.05, 0) is 12.1 Å². The van der Waals surface area contributed by atoms with Crippen LogP contribution in [-0.2, 0) is 0 Å². The van der Waals surface area contributed by atoms with Crippen LogP contribution in [0.15, 0.2) is 30.3 Å². The smallest absolute Gasteiger partial charge is 0.0947 e. The fraction of sp³-hybridized carbons (Fsp3) is 0.500. The molecule has 0 atom stereocenters. The molecule has 15 heavy (non-hydrogen) atoms. The molecule has 0 spiro atoms. The van der Waals surface area contributed by atoms with Gasteiger partial charge in [-0.15, -0.1) is 0 Å². The van der Waals surface area contributed by atoms with Crippen LogP contribution in [-0.4, -0.2) is 37.8 Å². The first-order valence-electron chi connectivity index (χ1n) is 5.45. The van der Waals surface area contributed by atoms with E-state index < -0.39 is 0 Å². The number of benzene rings is 1. The van der Waals surface area contributed by atoms with E-state index in [1.54, 1.807) is 0 Å². The highest BCUT2D eigenvalue weighted by Crippen LogP contribution is 2.14. The average Bonchev–Trinajstić information content (AvgIpc) is 2.23. The summed E-state index contributed by atoms with van der Waals surface area (Å²) in [7, 11) is 0. The molecule has 1 aromatic rings. The first-order valence-corrected chi connectivity index (χ1v) is 5.45. The van der Waals surface area contributed by atoms with Gasteiger partial charge in [0.1, 0.15) is 0 Å². The molecule has 0 amide bonds. The molecule has 1 aromatic carbocycles. The lowest BCUT2D eigenvalue weighted by Gasteiger charge is -2.37. The maximum atomic E-state index is 12.2. The summed E-state index contributed by atoms with van der Waals surface area (Å²) in [6, 6.07) is 10.2. The van der Waals surface area contributed by atoms with Crippen molar-refractivity contribution in [2.75, 3.05) is 38.2 Å². The van der Waals surface area contributed by atoms with Gasteiger partial charge in [-0.1, -0.05) is 18.2 Å². The van der Waals surface area contributed by atoms with Crippen LogP contribution in [0.5, 0.6) is 0 Å². The molecule has 1 heterocycles.